The third-order valence-electron chi connectivity index (χ3n) is 3.50. The minimum Gasteiger partial charge on any atom is -0.356 e. The molecule has 2 rings (SSSR count). The van der Waals surface area contributed by atoms with E-state index in [1.807, 2.05) is 6.92 Å². The lowest BCUT2D eigenvalue weighted by Gasteiger charge is -2.22. The summed E-state index contributed by atoms with van der Waals surface area (Å²) in [7, 11) is 0. The Morgan fingerprint density at radius 2 is 1.94 bits per heavy atom. The van der Waals surface area contributed by atoms with E-state index in [-0.39, 0.29) is 11.8 Å². The van der Waals surface area contributed by atoms with E-state index in [2.05, 4.69) is 5.32 Å². The molecule has 1 amide bonds. The van der Waals surface area contributed by atoms with Crippen LogP contribution in [0, 0.1) is 5.92 Å². The highest BCUT2D eigenvalue weighted by atomic mass is 16.7. The van der Waals surface area contributed by atoms with Gasteiger partial charge < -0.3 is 14.8 Å². The van der Waals surface area contributed by atoms with Crippen LogP contribution in [-0.2, 0) is 14.3 Å². The van der Waals surface area contributed by atoms with Crippen LogP contribution < -0.4 is 5.32 Å². The molecule has 0 atom stereocenters. The number of carbonyl (C=O) groups excluding carboxylic acids is 1. The molecule has 92 valence electrons. The Hall–Kier alpha value is -0.610. The molecule has 2 aliphatic rings. The molecule has 0 bridgehead atoms. The molecule has 2 fully saturated rings. The van der Waals surface area contributed by atoms with Gasteiger partial charge in [-0.05, 0) is 19.8 Å². The number of hydrogen-bond donors (Lipinski definition) is 1. The predicted molar refractivity (Wildman–Crippen MR) is 59.9 cm³/mol. The van der Waals surface area contributed by atoms with E-state index in [1.54, 1.807) is 0 Å². The zero-order chi connectivity index (χ0) is 11.4. The number of ether oxygens (including phenoxy) is 2. The summed E-state index contributed by atoms with van der Waals surface area (Å²) in [5, 5.41) is 2.98. The second-order valence-electron chi connectivity index (χ2n) is 4.85. The highest BCUT2D eigenvalue weighted by molar-refractivity contribution is 5.78. The van der Waals surface area contributed by atoms with Gasteiger partial charge in [0.05, 0.1) is 13.2 Å². The molecule has 1 aliphatic heterocycles. The lowest BCUT2D eigenvalue weighted by atomic mass is 10.1. The van der Waals surface area contributed by atoms with Gasteiger partial charge in [-0.1, -0.05) is 12.8 Å². The average molecular weight is 227 g/mol. The largest absolute Gasteiger partial charge is 0.356 e. The van der Waals surface area contributed by atoms with Crippen LogP contribution >= 0.6 is 0 Å². The maximum absolute atomic E-state index is 11.7. The summed E-state index contributed by atoms with van der Waals surface area (Å²) in [5.41, 5.74) is 0. The normalized spacial score (nSPS) is 24.8. The third kappa shape index (κ3) is 2.95. The van der Waals surface area contributed by atoms with Gasteiger partial charge in [0, 0.05) is 18.9 Å². The van der Waals surface area contributed by atoms with Crippen LogP contribution in [0.15, 0.2) is 0 Å². The van der Waals surface area contributed by atoms with Crippen molar-refractivity contribution in [3.05, 3.63) is 0 Å². The summed E-state index contributed by atoms with van der Waals surface area (Å²) in [4.78, 5) is 11.7. The van der Waals surface area contributed by atoms with Gasteiger partial charge in [-0.3, -0.25) is 4.79 Å². The van der Waals surface area contributed by atoms with Crippen molar-refractivity contribution in [1.29, 1.82) is 0 Å². The second kappa shape index (κ2) is 5.15. The summed E-state index contributed by atoms with van der Waals surface area (Å²) in [5.74, 6) is -0.0273. The average Bonchev–Trinajstić information content (AvgIpc) is 2.88. The standard InChI is InChI=1S/C12H21NO3/c1-12(15-8-9-16-12)6-7-13-11(14)10-4-2-3-5-10/h10H,2-9H2,1H3,(H,13,14). The molecule has 16 heavy (non-hydrogen) atoms. The first-order valence-corrected chi connectivity index (χ1v) is 6.25. The quantitative estimate of drug-likeness (QED) is 0.790. The molecule has 0 radical (unpaired) electrons. The molecular weight excluding hydrogens is 206 g/mol. The van der Waals surface area contributed by atoms with Crippen molar-refractivity contribution in [1.82, 2.24) is 5.32 Å². The van der Waals surface area contributed by atoms with E-state index >= 15 is 0 Å². The molecule has 0 aromatic rings. The van der Waals surface area contributed by atoms with Gasteiger partial charge in [0.1, 0.15) is 0 Å². The van der Waals surface area contributed by atoms with E-state index in [0.29, 0.717) is 19.8 Å². The van der Waals surface area contributed by atoms with E-state index in [0.717, 1.165) is 19.3 Å². The van der Waals surface area contributed by atoms with Gasteiger partial charge in [-0.25, -0.2) is 0 Å². The summed E-state index contributed by atoms with van der Waals surface area (Å²) in [6.07, 6.45) is 5.22. The van der Waals surface area contributed by atoms with E-state index < -0.39 is 5.79 Å². The maximum atomic E-state index is 11.7. The van der Waals surface area contributed by atoms with Crippen LogP contribution in [0.4, 0.5) is 0 Å². The topological polar surface area (TPSA) is 47.6 Å². The Labute approximate surface area is 96.7 Å². The molecule has 1 saturated heterocycles. The first-order chi connectivity index (χ1) is 7.70. The molecule has 4 heteroatoms. The minimum absolute atomic E-state index is 0.207. The van der Waals surface area contributed by atoms with Gasteiger partial charge in [-0.2, -0.15) is 0 Å². The molecule has 1 saturated carbocycles. The zero-order valence-electron chi connectivity index (χ0n) is 9.96. The summed E-state index contributed by atoms with van der Waals surface area (Å²) in [6.45, 7) is 3.90. The Bertz CT molecular complexity index is 243. The predicted octanol–water partition coefficient (Wildman–Crippen LogP) is 1.45. The fourth-order valence-electron chi connectivity index (χ4n) is 2.45. The van der Waals surface area contributed by atoms with Crippen molar-refractivity contribution >= 4 is 5.91 Å². The highest BCUT2D eigenvalue weighted by Gasteiger charge is 2.31. The van der Waals surface area contributed by atoms with Crippen LogP contribution in [0.3, 0.4) is 0 Å². The molecule has 0 aromatic heterocycles. The van der Waals surface area contributed by atoms with Gasteiger partial charge in [0.25, 0.3) is 0 Å². The maximum Gasteiger partial charge on any atom is 0.223 e. The summed E-state index contributed by atoms with van der Waals surface area (Å²) < 4.78 is 10.9. The Kier molecular flexibility index (Phi) is 3.82. The molecule has 4 nitrogen and oxygen atoms in total. The van der Waals surface area contributed by atoms with Crippen molar-refractivity contribution < 1.29 is 14.3 Å². The molecule has 0 unspecified atom stereocenters. The number of hydrogen-bond acceptors (Lipinski definition) is 3. The smallest absolute Gasteiger partial charge is 0.223 e. The minimum atomic E-state index is -0.483. The molecular formula is C12H21NO3. The van der Waals surface area contributed by atoms with Gasteiger partial charge >= 0.3 is 0 Å². The van der Waals surface area contributed by atoms with Crippen LogP contribution in [0.2, 0.25) is 0 Å². The van der Waals surface area contributed by atoms with Crippen molar-refractivity contribution in [2.75, 3.05) is 19.8 Å². The SMILES string of the molecule is CC1(CCNC(=O)C2CCCC2)OCCO1. The first kappa shape index (κ1) is 11.9. The number of nitrogens with one attached hydrogen (secondary N) is 1. The third-order valence-corrected chi connectivity index (χ3v) is 3.50. The van der Waals surface area contributed by atoms with Crippen molar-refractivity contribution in [2.45, 2.75) is 44.8 Å². The Balaban J connectivity index is 1.65. The Morgan fingerprint density at radius 3 is 2.56 bits per heavy atom. The Morgan fingerprint density at radius 1 is 1.31 bits per heavy atom. The lowest BCUT2D eigenvalue weighted by Crippen LogP contribution is -2.35. The summed E-state index contributed by atoms with van der Waals surface area (Å²) >= 11 is 0. The van der Waals surface area contributed by atoms with Crippen LogP contribution in [0.25, 0.3) is 0 Å². The van der Waals surface area contributed by atoms with Crippen molar-refractivity contribution in [2.24, 2.45) is 5.92 Å². The van der Waals surface area contributed by atoms with Gasteiger partial charge in [-0.15, -0.1) is 0 Å². The molecule has 0 aromatic carbocycles. The van der Waals surface area contributed by atoms with E-state index in [9.17, 15) is 4.79 Å². The van der Waals surface area contributed by atoms with E-state index in [1.165, 1.54) is 12.8 Å². The highest BCUT2D eigenvalue weighted by Crippen LogP contribution is 2.25. The fourth-order valence-corrected chi connectivity index (χ4v) is 2.45. The van der Waals surface area contributed by atoms with Crippen molar-refractivity contribution in [3.8, 4) is 0 Å². The molecule has 0 spiro atoms. The van der Waals surface area contributed by atoms with Gasteiger partial charge in [0.2, 0.25) is 5.91 Å². The first-order valence-electron chi connectivity index (χ1n) is 6.25. The van der Waals surface area contributed by atoms with Gasteiger partial charge in [0.15, 0.2) is 5.79 Å². The van der Waals surface area contributed by atoms with Crippen LogP contribution in [-0.4, -0.2) is 31.5 Å². The second-order valence-corrected chi connectivity index (χ2v) is 4.85. The number of rotatable bonds is 4. The molecule has 1 aliphatic carbocycles. The fraction of sp³-hybridized carbons (Fsp3) is 0.917. The van der Waals surface area contributed by atoms with Crippen LogP contribution in [0.5, 0.6) is 0 Å². The van der Waals surface area contributed by atoms with Crippen LogP contribution in [0.1, 0.15) is 39.0 Å². The van der Waals surface area contributed by atoms with E-state index in [4.69, 9.17) is 9.47 Å². The molecule has 1 N–H and O–H groups in total. The zero-order valence-corrected chi connectivity index (χ0v) is 9.96. The number of amides is 1. The number of carbonyl (C=O) groups is 1. The monoisotopic (exact) mass is 227 g/mol. The molecule has 1 heterocycles. The lowest BCUT2D eigenvalue weighted by molar-refractivity contribution is -0.146. The van der Waals surface area contributed by atoms with Crippen molar-refractivity contribution in [3.63, 3.8) is 0 Å². The summed E-state index contributed by atoms with van der Waals surface area (Å²) in [6, 6.07) is 0.